The van der Waals surface area contributed by atoms with Gasteiger partial charge in [0.05, 0.1) is 17.6 Å². The van der Waals surface area contributed by atoms with E-state index in [0.717, 1.165) is 17.9 Å². The number of nitrogens with zero attached hydrogens (tertiary/aromatic N) is 1. The number of fused-ring (bicyclic) bond motifs is 1. The number of nitrogens with one attached hydrogen (secondary N) is 3. The second kappa shape index (κ2) is 9.02. The Hall–Kier alpha value is -1.41. The molecule has 3 rings (SSSR count). The van der Waals surface area contributed by atoms with Gasteiger partial charge < -0.3 is 20.4 Å². The lowest BCUT2D eigenvalue weighted by molar-refractivity contribution is -0.134. The van der Waals surface area contributed by atoms with Crippen molar-refractivity contribution in [3.63, 3.8) is 0 Å². The third-order valence-electron chi connectivity index (χ3n) is 3.37. The summed E-state index contributed by atoms with van der Waals surface area (Å²) < 4.78 is 18.4. The van der Waals surface area contributed by atoms with Crippen LogP contribution < -0.4 is 10.6 Å². The topological polar surface area (TPSA) is 79.0 Å². The van der Waals surface area contributed by atoms with Crippen LogP contribution in [0, 0.1) is 5.82 Å². The number of aromatic amines is 1. The number of rotatable bonds is 4. The van der Waals surface area contributed by atoms with Gasteiger partial charge in [-0.1, -0.05) is 0 Å². The third-order valence-corrected chi connectivity index (χ3v) is 3.37. The van der Waals surface area contributed by atoms with E-state index in [1.54, 1.807) is 6.07 Å². The molecule has 1 aliphatic rings. The summed E-state index contributed by atoms with van der Waals surface area (Å²) in [5.41, 5.74) is 1.38. The van der Waals surface area contributed by atoms with Crippen molar-refractivity contribution in [1.29, 1.82) is 0 Å². The van der Waals surface area contributed by atoms with Crippen LogP contribution in [0.1, 0.15) is 5.82 Å². The van der Waals surface area contributed by atoms with Crippen molar-refractivity contribution < 1.29 is 13.9 Å². The zero-order valence-electron chi connectivity index (χ0n) is 12.3. The van der Waals surface area contributed by atoms with Gasteiger partial charge >= 0.3 is 0 Å². The smallest absolute Gasteiger partial charge is 0.250 e. The number of hydrogen-bond donors (Lipinski definition) is 3. The number of halogens is 3. The molecular weight excluding hydrogens is 346 g/mol. The predicted molar refractivity (Wildman–Crippen MR) is 89.9 cm³/mol. The van der Waals surface area contributed by atoms with Crippen LogP contribution in [-0.2, 0) is 16.0 Å². The Bertz CT molecular complexity index is 647. The van der Waals surface area contributed by atoms with Gasteiger partial charge in [0, 0.05) is 26.1 Å². The van der Waals surface area contributed by atoms with Crippen LogP contribution in [0.3, 0.4) is 0 Å². The van der Waals surface area contributed by atoms with Gasteiger partial charge in [0.2, 0.25) is 5.91 Å². The molecule has 1 aromatic heterocycles. The maximum atomic E-state index is 13.1. The fourth-order valence-electron chi connectivity index (χ4n) is 2.30. The van der Waals surface area contributed by atoms with Crippen molar-refractivity contribution in [2.45, 2.75) is 12.5 Å². The lowest BCUT2D eigenvalue weighted by Crippen LogP contribution is -2.48. The second-order valence-corrected chi connectivity index (χ2v) is 4.95. The van der Waals surface area contributed by atoms with Crippen molar-refractivity contribution in [2.75, 3.05) is 26.2 Å². The first kappa shape index (κ1) is 19.6. The van der Waals surface area contributed by atoms with Crippen LogP contribution in [0.5, 0.6) is 0 Å². The molecule has 23 heavy (non-hydrogen) atoms. The Balaban J connectivity index is 0.00000132. The van der Waals surface area contributed by atoms with Gasteiger partial charge in [-0.25, -0.2) is 9.37 Å². The summed E-state index contributed by atoms with van der Waals surface area (Å²) in [5, 5.41) is 5.93. The van der Waals surface area contributed by atoms with Gasteiger partial charge in [0.25, 0.3) is 0 Å². The fraction of sp³-hybridized carbons (Fsp3) is 0.429. The minimum Gasteiger partial charge on any atom is -0.366 e. The molecule has 1 atom stereocenters. The summed E-state index contributed by atoms with van der Waals surface area (Å²) in [6.07, 6.45) is 0.130. The number of carbonyl (C=O) groups is 1. The van der Waals surface area contributed by atoms with Gasteiger partial charge in [0.15, 0.2) is 0 Å². The molecule has 0 unspecified atom stereocenters. The van der Waals surface area contributed by atoms with Gasteiger partial charge in [-0.2, -0.15) is 0 Å². The molecule has 9 heteroatoms. The molecule has 1 fully saturated rings. The van der Waals surface area contributed by atoms with Gasteiger partial charge in [-0.15, -0.1) is 24.8 Å². The zero-order chi connectivity index (χ0) is 14.7. The molecule has 0 spiro atoms. The maximum Gasteiger partial charge on any atom is 0.250 e. The molecule has 0 radical (unpaired) electrons. The number of hydrogen-bond acceptors (Lipinski definition) is 4. The number of carbonyl (C=O) groups excluding carboxylic acids is 1. The first-order chi connectivity index (χ1) is 10.2. The molecule has 1 saturated heterocycles. The highest BCUT2D eigenvalue weighted by Gasteiger charge is 2.21. The Morgan fingerprint density at radius 1 is 1.43 bits per heavy atom. The van der Waals surface area contributed by atoms with Crippen molar-refractivity contribution >= 4 is 41.8 Å². The summed E-state index contributed by atoms with van der Waals surface area (Å²) in [6, 6.07) is 4.42. The molecule has 1 amide bonds. The first-order valence-corrected chi connectivity index (χ1v) is 6.96. The van der Waals surface area contributed by atoms with Gasteiger partial charge in [-0.05, 0) is 18.2 Å². The van der Waals surface area contributed by atoms with Crippen LogP contribution in [0.4, 0.5) is 4.39 Å². The van der Waals surface area contributed by atoms with E-state index in [1.807, 2.05) is 0 Å². The van der Waals surface area contributed by atoms with Crippen molar-refractivity contribution in [3.05, 3.63) is 29.8 Å². The van der Waals surface area contributed by atoms with Crippen LogP contribution in [0.25, 0.3) is 11.0 Å². The summed E-state index contributed by atoms with van der Waals surface area (Å²) in [6.45, 7) is 2.32. The SMILES string of the molecule is Cl.Cl.O=C(NCCc1nc2ccc(F)cc2[nH]1)[C@H]1CNCCO1. The van der Waals surface area contributed by atoms with E-state index in [-0.39, 0.29) is 36.5 Å². The summed E-state index contributed by atoms with van der Waals surface area (Å²) >= 11 is 0. The number of aromatic nitrogens is 2. The highest BCUT2D eigenvalue weighted by atomic mass is 35.5. The molecule has 0 bridgehead atoms. The van der Waals surface area contributed by atoms with E-state index in [9.17, 15) is 9.18 Å². The van der Waals surface area contributed by atoms with Crippen molar-refractivity contribution in [2.24, 2.45) is 0 Å². The number of amides is 1. The largest absolute Gasteiger partial charge is 0.366 e. The average Bonchev–Trinajstić information content (AvgIpc) is 2.89. The molecule has 1 aromatic carbocycles. The standard InChI is InChI=1S/C14H17FN4O2.2ClH/c15-9-1-2-10-11(7-9)19-13(18-10)3-4-17-14(20)12-8-16-5-6-21-12;;/h1-2,7,12,16H,3-6,8H2,(H,17,20)(H,18,19);2*1H/t12-;;/m1../s1. The first-order valence-electron chi connectivity index (χ1n) is 6.96. The number of H-pyrrole nitrogens is 1. The molecule has 0 saturated carbocycles. The van der Waals surface area contributed by atoms with Crippen LogP contribution >= 0.6 is 24.8 Å². The minimum atomic E-state index is -0.427. The molecule has 3 N–H and O–H groups in total. The minimum absolute atomic E-state index is 0. The Kier molecular flexibility index (Phi) is 7.70. The molecule has 2 aromatic rings. The number of imidazole rings is 1. The number of ether oxygens (including phenoxy) is 1. The Morgan fingerprint density at radius 3 is 3.00 bits per heavy atom. The highest BCUT2D eigenvalue weighted by Crippen LogP contribution is 2.12. The molecule has 2 heterocycles. The van der Waals surface area contributed by atoms with E-state index >= 15 is 0 Å². The monoisotopic (exact) mass is 364 g/mol. The van der Waals surface area contributed by atoms with E-state index in [2.05, 4.69) is 20.6 Å². The maximum absolute atomic E-state index is 13.1. The lowest BCUT2D eigenvalue weighted by atomic mass is 10.3. The number of morpholine rings is 1. The summed E-state index contributed by atoms with van der Waals surface area (Å²) in [5.74, 6) is 0.302. The molecular formula is C14H19Cl2FN4O2. The van der Waals surface area contributed by atoms with Crippen LogP contribution in [-0.4, -0.2) is 48.2 Å². The quantitative estimate of drug-likeness (QED) is 0.761. The van der Waals surface area contributed by atoms with E-state index in [1.165, 1.54) is 12.1 Å². The summed E-state index contributed by atoms with van der Waals surface area (Å²) in [7, 11) is 0. The Labute approximate surface area is 145 Å². The summed E-state index contributed by atoms with van der Waals surface area (Å²) in [4.78, 5) is 19.2. The highest BCUT2D eigenvalue weighted by molar-refractivity contribution is 5.85. The van der Waals surface area contributed by atoms with E-state index < -0.39 is 6.10 Å². The van der Waals surface area contributed by atoms with Crippen LogP contribution in [0.15, 0.2) is 18.2 Å². The predicted octanol–water partition coefficient (Wildman–Crippen LogP) is 1.19. The number of benzene rings is 1. The second-order valence-electron chi connectivity index (χ2n) is 4.95. The van der Waals surface area contributed by atoms with E-state index in [4.69, 9.17) is 4.74 Å². The Morgan fingerprint density at radius 2 is 2.26 bits per heavy atom. The van der Waals surface area contributed by atoms with Gasteiger partial charge in [-0.3, -0.25) is 4.79 Å². The van der Waals surface area contributed by atoms with Crippen molar-refractivity contribution in [1.82, 2.24) is 20.6 Å². The molecule has 6 nitrogen and oxygen atoms in total. The van der Waals surface area contributed by atoms with E-state index in [0.29, 0.717) is 31.6 Å². The normalized spacial score (nSPS) is 17.2. The van der Waals surface area contributed by atoms with Crippen molar-refractivity contribution in [3.8, 4) is 0 Å². The van der Waals surface area contributed by atoms with Gasteiger partial charge in [0.1, 0.15) is 17.7 Å². The third kappa shape index (κ3) is 5.04. The molecule has 128 valence electrons. The molecule has 1 aliphatic heterocycles. The molecule has 0 aliphatic carbocycles. The zero-order valence-corrected chi connectivity index (χ0v) is 13.9. The van der Waals surface area contributed by atoms with Crippen LogP contribution in [0.2, 0.25) is 0 Å². The lowest BCUT2D eigenvalue weighted by Gasteiger charge is -2.22. The average molecular weight is 365 g/mol. The fourth-order valence-corrected chi connectivity index (χ4v) is 2.30.